The lowest BCUT2D eigenvalue weighted by atomic mass is 9.92. The number of carboxylic acids is 1. The monoisotopic (exact) mass is 315 g/mol. The van der Waals surface area contributed by atoms with Gasteiger partial charge in [-0.3, -0.25) is 0 Å². The summed E-state index contributed by atoms with van der Waals surface area (Å²) in [6, 6.07) is 11.6. The lowest BCUT2D eigenvalue weighted by molar-refractivity contribution is -0.139. The molecular weight excluding hydrogens is 294 g/mol. The van der Waals surface area contributed by atoms with Gasteiger partial charge in [0.25, 0.3) is 0 Å². The molecule has 1 aromatic carbocycles. The van der Waals surface area contributed by atoms with Gasteiger partial charge in [0.05, 0.1) is 5.69 Å². The van der Waals surface area contributed by atoms with E-state index in [1.807, 2.05) is 51.1 Å². The van der Waals surface area contributed by atoms with Gasteiger partial charge < -0.3 is 15.2 Å². The standard InChI is InChI=1S/C17H21N3O3/c1-17(2,3)13-9-14(23-11-15(21)22)20-16(19-13)18-10-12-7-5-4-6-8-12/h4-9H,10-11H2,1-3H3,(H,21,22)(H,18,19,20). The Bertz CT molecular complexity index is 667. The Morgan fingerprint density at radius 1 is 1.22 bits per heavy atom. The summed E-state index contributed by atoms with van der Waals surface area (Å²) in [5.41, 5.74) is 1.68. The van der Waals surface area contributed by atoms with Crippen molar-refractivity contribution in [1.82, 2.24) is 9.97 Å². The van der Waals surface area contributed by atoms with Crippen molar-refractivity contribution in [3.8, 4) is 5.88 Å². The summed E-state index contributed by atoms with van der Waals surface area (Å²) in [5, 5.41) is 11.9. The van der Waals surface area contributed by atoms with Crippen LogP contribution in [0.4, 0.5) is 5.95 Å². The number of anilines is 1. The van der Waals surface area contributed by atoms with E-state index in [0.29, 0.717) is 12.5 Å². The normalized spacial score (nSPS) is 11.1. The van der Waals surface area contributed by atoms with E-state index in [0.717, 1.165) is 11.3 Å². The average molecular weight is 315 g/mol. The first-order chi connectivity index (χ1) is 10.8. The third-order valence-corrected chi connectivity index (χ3v) is 3.11. The summed E-state index contributed by atoms with van der Waals surface area (Å²) in [7, 11) is 0. The van der Waals surface area contributed by atoms with Crippen LogP contribution in [0.2, 0.25) is 0 Å². The van der Waals surface area contributed by atoms with Crippen LogP contribution < -0.4 is 10.1 Å². The smallest absolute Gasteiger partial charge is 0.341 e. The number of rotatable bonds is 6. The van der Waals surface area contributed by atoms with Crippen LogP contribution in [0.15, 0.2) is 36.4 Å². The number of hydrogen-bond donors (Lipinski definition) is 2. The van der Waals surface area contributed by atoms with Gasteiger partial charge in [-0.1, -0.05) is 51.1 Å². The van der Waals surface area contributed by atoms with Crippen molar-refractivity contribution < 1.29 is 14.6 Å². The molecule has 0 unspecified atom stereocenters. The molecule has 0 spiro atoms. The number of carboxylic acid groups (broad SMARTS) is 1. The van der Waals surface area contributed by atoms with Gasteiger partial charge in [-0.2, -0.15) is 4.98 Å². The minimum Gasteiger partial charge on any atom is -0.479 e. The molecule has 0 aliphatic carbocycles. The predicted octanol–water partition coefficient (Wildman–Crippen LogP) is 2.85. The maximum Gasteiger partial charge on any atom is 0.341 e. The van der Waals surface area contributed by atoms with Gasteiger partial charge in [-0.05, 0) is 5.56 Å². The molecule has 0 fully saturated rings. The number of hydrogen-bond acceptors (Lipinski definition) is 5. The summed E-state index contributed by atoms with van der Waals surface area (Å²) >= 11 is 0. The van der Waals surface area contributed by atoms with Gasteiger partial charge >= 0.3 is 5.97 Å². The topological polar surface area (TPSA) is 84.3 Å². The van der Waals surface area contributed by atoms with Crippen molar-refractivity contribution in [2.75, 3.05) is 11.9 Å². The summed E-state index contributed by atoms with van der Waals surface area (Å²) < 4.78 is 5.21. The number of ether oxygens (including phenoxy) is 1. The molecule has 0 amide bonds. The van der Waals surface area contributed by atoms with Crippen LogP contribution in [0.25, 0.3) is 0 Å². The van der Waals surface area contributed by atoms with Crippen LogP contribution in [0, 0.1) is 0 Å². The van der Waals surface area contributed by atoms with Crippen molar-refractivity contribution in [3.63, 3.8) is 0 Å². The van der Waals surface area contributed by atoms with Crippen LogP contribution in [-0.2, 0) is 16.8 Å². The SMILES string of the molecule is CC(C)(C)c1cc(OCC(=O)O)nc(NCc2ccccc2)n1. The van der Waals surface area contributed by atoms with E-state index < -0.39 is 12.6 Å². The quantitative estimate of drug-likeness (QED) is 0.852. The molecule has 1 aromatic heterocycles. The molecule has 1 heterocycles. The predicted molar refractivity (Wildman–Crippen MR) is 87.6 cm³/mol. The zero-order chi connectivity index (χ0) is 16.9. The fraction of sp³-hybridized carbons (Fsp3) is 0.353. The summed E-state index contributed by atoms with van der Waals surface area (Å²) in [6.45, 7) is 6.22. The molecule has 0 atom stereocenters. The Labute approximate surface area is 135 Å². The van der Waals surface area contributed by atoms with Gasteiger partial charge in [-0.15, -0.1) is 0 Å². The van der Waals surface area contributed by atoms with Crippen molar-refractivity contribution in [3.05, 3.63) is 47.7 Å². The van der Waals surface area contributed by atoms with E-state index in [1.165, 1.54) is 0 Å². The molecule has 0 saturated carbocycles. The Hall–Kier alpha value is -2.63. The zero-order valence-electron chi connectivity index (χ0n) is 13.5. The molecule has 0 aliphatic heterocycles. The molecule has 0 saturated heterocycles. The molecular formula is C17H21N3O3. The Morgan fingerprint density at radius 2 is 1.91 bits per heavy atom. The van der Waals surface area contributed by atoms with Gasteiger partial charge in [0.15, 0.2) is 6.61 Å². The van der Waals surface area contributed by atoms with Gasteiger partial charge in [-0.25, -0.2) is 9.78 Å². The number of aromatic nitrogens is 2. The molecule has 2 N–H and O–H groups in total. The number of nitrogens with zero attached hydrogens (tertiary/aromatic N) is 2. The molecule has 23 heavy (non-hydrogen) atoms. The molecule has 0 bridgehead atoms. The molecule has 2 aromatic rings. The minimum atomic E-state index is -1.04. The highest BCUT2D eigenvalue weighted by molar-refractivity contribution is 5.68. The lowest BCUT2D eigenvalue weighted by Crippen LogP contribution is -2.17. The summed E-state index contributed by atoms with van der Waals surface area (Å²) in [4.78, 5) is 19.4. The third-order valence-electron chi connectivity index (χ3n) is 3.11. The molecule has 122 valence electrons. The highest BCUT2D eigenvalue weighted by atomic mass is 16.5. The maximum atomic E-state index is 10.7. The third kappa shape index (κ3) is 5.25. The Kier molecular flexibility index (Phi) is 5.16. The second-order valence-electron chi connectivity index (χ2n) is 6.19. The Balaban J connectivity index is 2.19. The van der Waals surface area contributed by atoms with E-state index >= 15 is 0 Å². The molecule has 0 radical (unpaired) electrons. The number of carbonyl (C=O) groups is 1. The van der Waals surface area contributed by atoms with Crippen LogP contribution >= 0.6 is 0 Å². The van der Waals surface area contributed by atoms with Crippen molar-refractivity contribution >= 4 is 11.9 Å². The average Bonchev–Trinajstić information content (AvgIpc) is 2.51. The Morgan fingerprint density at radius 3 is 2.52 bits per heavy atom. The number of aliphatic carboxylic acids is 1. The highest BCUT2D eigenvalue weighted by Gasteiger charge is 2.19. The summed E-state index contributed by atoms with van der Waals surface area (Å²) in [5.74, 6) is -0.371. The molecule has 6 nitrogen and oxygen atoms in total. The van der Waals surface area contributed by atoms with Gasteiger partial charge in [0, 0.05) is 18.0 Å². The molecule has 2 rings (SSSR count). The van der Waals surface area contributed by atoms with E-state index in [4.69, 9.17) is 9.84 Å². The first-order valence-corrected chi connectivity index (χ1v) is 7.36. The fourth-order valence-corrected chi connectivity index (χ4v) is 1.87. The van der Waals surface area contributed by atoms with E-state index in [9.17, 15) is 4.79 Å². The molecule has 6 heteroatoms. The van der Waals surface area contributed by atoms with Crippen LogP contribution in [-0.4, -0.2) is 27.7 Å². The zero-order valence-corrected chi connectivity index (χ0v) is 13.5. The first kappa shape index (κ1) is 16.7. The fourth-order valence-electron chi connectivity index (χ4n) is 1.87. The van der Waals surface area contributed by atoms with Gasteiger partial charge in [0.1, 0.15) is 0 Å². The van der Waals surface area contributed by atoms with Gasteiger partial charge in [0.2, 0.25) is 11.8 Å². The lowest BCUT2D eigenvalue weighted by Gasteiger charge is -2.19. The highest BCUT2D eigenvalue weighted by Crippen LogP contribution is 2.24. The minimum absolute atomic E-state index is 0.201. The van der Waals surface area contributed by atoms with Crippen LogP contribution in [0.3, 0.4) is 0 Å². The van der Waals surface area contributed by atoms with Crippen molar-refractivity contribution in [1.29, 1.82) is 0 Å². The van der Waals surface area contributed by atoms with E-state index in [2.05, 4.69) is 15.3 Å². The summed E-state index contributed by atoms with van der Waals surface area (Å²) in [6.07, 6.45) is 0. The number of benzene rings is 1. The second-order valence-corrected chi connectivity index (χ2v) is 6.19. The first-order valence-electron chi connectivity index (χ1n) is 7.36. The maximum absolute atomic E-state index is 10.7. The number of nitrogens with one attached hydrogen (secondary N) is 1. The van der Waals surface area contributed by atoms with Crippen LogP contribution in [0.1, 0.15) is 32.0 Å². The van der Waals surface area contributed by atoms with E-state index in [1.54, 1.807) is 6.07 Å². The van der Waals surface area contributed by atoms with Crippen LogP contribution in [0.5, 0.6) is 5.88 Å². The largest absolute Gasteiger partial charge is 0.479 e. The van der Waals surface area contributed by atoms with Crippen molar-refractivity contribution in [2.45, 2.75) is 32.7 Å². The van der Waals surface area contributed by atoms with E-state index in [-0.39, 0.29) is 11.3 Å². The molecule has 0 aliphatic rings. The second kappa shape index (κ2) is 7.09. The van der Waals surface area contributed by atoms with Crippen molar-refractivity contribution in [2.24, 2.45) is 0 Å².